The molecule has 10 heavy (non-hydrogen) atoms. The van der Waals surface area contributed by atoms with Gasteiger partial charge in [-0.05, 0) is 40.0 Å². The molecule has 1 radical (unpaired) electrons. The van der Waals surface area contributed by atoms with Gasteiger partial charge in [0, 0.05) is 6.07 Å². The predicted octanol–water partition coefficient (Wildman–Crippen LogP) is 2.95. The van der Waals surface area contributed by atoms with E-state index in [1.165, 1.54) is 0 Å². The van der Waals surface area contributed by atoms with Gasteiger partial charge >= 0.3 is 0 Å². The van der Waals surface area contributed by atoms with E-state index < -0.39 is 0 Å². The van der Waals surface area contributed by atoms with Crippen molar-refractivity contribution in [3.63, 3.8) is 0 Å². The average Bonchev–Trinajstić information content (AvgIpc) is 1.95. The van der Waals surface area contributed by atoms with Crippen LogP contribution in [0.3, 0.4) is 0 Å². The van der Waals surface area contributed by atoms with E-state index in [4.69, 9.17) is 0 Å². The number of benzene rings is 1. The molecule has 0 heterocycles. The largest absolute Gasteiger partial charge is 0.205 e. The Morgan fingerprint density at radius 1 is 1.70 bits per heavy atom. The van der Waals surface area contributed by atoms with E-state index >= 15 is 0 Å². The number of hydrogen-bond acceptors (Lipinski definition) is 0. The van der Waals surface area contributed by atoms with Crippen molar-refractivity contribution in [3.8, 4) is 0 Å². The maximum Gasteiger partial charge on any atom is 0.145 e. The van der Waals surface area contributed by atoms with Crippen LogP contribution in [-0.2, 0) is 6.42 Å². The van der Waals surface area contributed by atoms with Crippen molar-refractivity contribution < 1.29 is 4.39 Å². The average molecular weight is 202 g/mol. The zero-order valence-corrected chi connectivity index (χ0v) is 7.20. The van der Waals surface area contributed by atoms with Crippen LogP contribution in [0.2, 0.25) is 0 Å². The van der Waals surface area contributed by atoms with Gasteiger partial charge in [-0.15, -0.1) is 0 Å². The summed E-state index contributed by atoms with van der Waals surface area (Å²) in [5.41, 5.74) is 1.09. The van der Waals surface area contributed by atoms with Crippen LogP contribution in [0.5, 0.6) is 0 Å². The maximum atomic E-state index is 12.5. The minimum absolute atomic E-state index is 0.322. The van der Waals surface area contributed by atoms with E-state index in [-0.39, 0.29) is 5.82 Å². The highest BCUT2D eigenvalue weighted by Gasteiger charge is 1.97. The van der Waals surface area contributed by atoms with E-state index in [2.05, 4.69) is 22.0 Å². The molecular weight excluding hydrogens is 195 g/mol. The van der Waals surface area contributed by atoms with E-state index in [1.807, 2.05) is 6.92 Å². The fraction of sp³-hybridized carbons (Fsp3) is 0.250. The molecule has 0 spiro atoms. The van der Waals surface area contributed by atoms with E-state index in [1.54, 1.807) is 12.1 Å². The molecular formula is C8H7BrF. The Balaban J connectivity index is 3.04. The van der Waals surface area contributed by atoms with Crippen LogP contribution in [0, 0.1) is 11.9 Å². The second-order valence-corrected chi connectivity index (χ2v) is 2.88. The summed E-state index contributed by atoms with van der Waals surface area (Å²) in [4.78, 5) is 0. The zero-order chi connectivity index (χ0) is 7.56. The van der Waals surface area contributed by atoms with E-state index in [0.29, 0.717) is 4.47 Å². The highest BCUT2D eigenvalue weighted by molar-refractivity contribution is 9.10. The summed E-state index contributed by atoms with van der Waals surface area (Å²) in [5, 5.41) is 0. The first kappa shape index (κ1) is 7.73. The van der Waals surface area contributed by atoms with Crippen LogP contribution >= 0.6 is 15.9 Å². The first-order valence-electron chi connectivity index (χ1n) is 3.09. The van der Waals surface area contributed by atoms with Gasteiger partial charge in [0.05, 0.1) is 4.47 Å². The van der Waals surface area contributed by atoms with Crippen LogP contribution in [0.1, 0.15) is 12.5 Å². The summed E-state index contributed by atoms with van der Waals surface area (Å²) in [5.74, 6) is -0.322. The minimum atomic E-state index is -0.322. The lowest BCUT2D eigenvalue weighted by Gasteiger charge is -1.96. The second-order valence-electron chi connectivity index (χ2n) is 2.02. The third kappa shape index (κ3) is 1.57. The molecule has 0 nitrogen and oxygen atoms in total. The summed E-state index contributed by atoms with van der Waals surface area (Å²) in [6, 6.07) is 5.94. The fourth-order valence-corrected chi connectivity index (χ4v) is 1.11. The molecule has 0 aromatic heterocycles. The normalized spacial score (nSPS) is 9.90. The molecule has 0 fully saturated rings. The van der Waals surface area contributed by atoms with E-state index in [9.17, 15) is 4.39 Å². The van der Waals surface area contributed by atoms with Crippen molar-refractivity contribution in [2.75, 3.05) is 0 Å². The smallest absolute Gasteiger partial charge is 0.145 e. The summed E-state index contributed by atoms with van der Waals surface area (Å²) in [7, 11) is 0. The molecule has 1 rings (SSSR count). The summed E-state index contributed by atoms with van der Waals surface area (Å²) < 4.78 is 13.0. The van der Waals surface area contributed by atoms with E-state index in [0.717, 1.165) is 12.0 Å². The molecule has 0 saturated heterocycles. The lowest BCUT2D eigenvalue weighted by Crippen LogP contribution is -1.82. The Morgan fingerprint density at radius 3 is 2.90 bits per heavy atom. The van der Waals surface area contributed by atoms with Crippen LogP contribution in [0.4, 0.5) is 4.39 Å². The summed E-state index contributed by atoms with van der Waals surface area (Å²) in [6.45, 7) is 2.02. The number of hydrogen-bond donors (Lipinski definition) is 0. The highest BCUT2D eigenvalue weighted by Crippen LogP contribution is 2.16. The van der Waals surface area contributed by atoms with Gasteiger partial charge in [-0.1, -0.05) is 6.92 Å². The highest BCUT2D eigenvalue weighted by atomic mass is 79.9. The monoisotopic (exact) mass is 201 g/mol. The maximum absolute atomic E-state index is 12.5. The van der Waals surface area contributed by atoms with Gasteiger partial charge in [0.25, 0.3) is 0 Å². The molecule has 1 aromatic rings. The first-order chi connectivity index (χ1) is 4.74. The second kappa shape index (κ2) is 3.15. The molecule has 53 valence electrons. The third-order valence-corrected chi connectivity index (χ3v) is 1.89. The van der Waals surface area contributed by atoms with Crippen LogP contribution in [0.15, 0.2) is 16.6 Å². The molecule has 0 aliphatic heterocycles. The number of aryl methyl sites for hydroxylation is 1. The topological polar surface area (TPSA) is 0 Å². The van der Waals surface area contributed by atoms with Crippen molar-refractivity contribution in [1.29, 1.82) is 0 Å². The zero-order valence-electron chi connectivity index (χ0n) is 5.62. The van der Waals surface area contributed by atoms with Gasteiger partial charge in [0.1, 0.15) is 5.82 Å². The molecule has 0 aliphatic rings. The SMILES string of the molecule is CCc1c[c]c(F)c(Br)c1. The van der Waals surface area contributed by atoms with Crippen molar-refractivity contribution in [2.45, 2.75) is 13.3 Å². The predicted molar refractivity (Wildman–Crippen MR) is 42.3 cm³/mol. The van der Waals surface area contributed by atoms with Crippen LogP contribution in [0.25, 0.3) is 0 Å². The molecule has 1 aromatic carbocycles. The van der Waals surface area contributed by atoms with Crippen LogP contribution in [-0.4, -0.2) is 0 Å². The minimum Gasteiger partial charge on any atom is -0.205 e. The van der Waals surface area contributed by atoms with Crippen molar-refractivity contribution in [2.24, 2.45) is 0 Å². The Hall–Kier alpha value is -0.370. The fourth-order valence-electron chi connectivity index (χ4n) is 0.697. The summed E-state index contributed by atoms with van der Waals surface area (Å²) >= 11 is 3.08. The first-order valence-corrected chi connectivity index (χ1v) is 3.89. The molecule has 0 aliphatic carbocycles. The number of halogens is 2. The van der Waals surface area contributed by atoms with Crippen LogP contribution < -0.4 is 0 Å². The molecule has 0 saturated carbocycles. The molecule has 2 heteroatoms. The lowest BCUT2D eigenvalue weighted by atomic mass is 10.2. The van der Waals surface area contributed by atoms with Gasteiger partial charge in [-0.3, -0.25) is 0 Å². The molecule has 0 atom stereocenters. The van der Waals surface area contributed by atoms with Gasteiger partial charge in [-0.25, -0.2) is 4.39 Å². The Bertz CT molecular complexity index is 233. The number of rotatable bonds is 1. The van der Waals surface area contributed by atoms with Gasteiger partial charge in [0.15, 0.2) is 0 Å². The third-order valence-electron chi connectivity index (χ3n) is 1.31. The molecule has 0 N–H and O–H groups in total. The Kier molecular flexibility index (Phi) is 2.44. The lowest BCUT2D eigenvalue weighted by molar-refractivity contribution is 0.618. The quantitative estimate of drug-likeness (QED) is 0.656. The Morgan fingerprint density at radius 2 is 2.40 bits per heavy atom. The van der Waals surface area contributed by atoms with Gasteiger partial charge in [0.2, 0.25) is 0 Å². The van der Waals surface area contributed by atoms with Gasteiger partial charge < -0.3 is 0 Å². The van der Waals surface area contributed by atoms with Crippen molar-refractivity contribution in [3.05, 3.63) is 34.1 Å². The molecule has 0 unspecified atom stereocenters. The molecule has 0 amide bonds. The molecule has 0 bridgehead atoms. The van der Waals surface area contributed by atoms with Crippen molar-refractivity contribution >= 4 is 15.9 Å². The standard InChI is InChI=1S/C8H7BrF/c1-2-6-3-4-8(10)7(9)5-6/h3,5H,2H2,1H3. The van der Waals surface area contributed by atoms with Gasteiger partial charge in [-0.2, -0.15) is 0 Å². The summed E-state index contributed by atoms with van der Waals surface area (Å²) in [6.07, 6.45) is 0.912. The Labute approximate surface area is 68.2 Å². The van der Waals surface area contributed by atoms with Crippen molar-refractivity contribution in [1.82, 2.24) is 0 Å².